The molecular formula is C33H40N8O2. The van der Waals surface area contributed by atoms with Gasteiger partial charge in [-0.15, -0.1) is 0 Å². The first kappa shape index (κ1) is 28.7. The number of aromatic nitrogens is 3. The lowest BCUT2D eigenvalue weighted by Crippen LogP contribution is -2.48. The minimum absolute atomic E-state index is 0.283. The topological polar surface area (TPSA) is 90.6 Å². The molecule has 4 aromatic rings. The summed E-state index contributed by atoms with van der Waals surface area (Å²) in [7, 11) is 0. The van der Waals surface area contributed by atoms with Crippen LogP contribution in [0, 0.1) is 6.92 Å². The molecule has 2 aromatic heterocycles. The van der Waals surface area contributed by atoms with Gasteiger partial charge in [-0.3, -0.25) is 10.2 Å². The second-order valence-corrected chi connectivity index (χ2v) is 11.2. The zero-order chi connectivity index (χ0) is 29.6. The number of fused-ring (bicyclic) bond motifs is 1. The quantitative estimate of drug-likeness (QED) is 0.224. The maximum atomic E-state index is 12.4. The lowest BCUT2D eigenvalue weighted by molar-refractivity contribution is -0.131. The zero-order valence-corrected chi connectivity index (χ0v) is 25.1. The second-order valence-electron chi connectivity index (χ2n) is 11.2. The first-order valence-electron chi connectivity index (χ1n) is 15.3. The van der Waals surface area contributed by atoms with Crippen LogP contribution >= 0.6 is 0 Å². The van der Waals surface area contributed by atoms with Crippen LogP contribution in [0.1, 0.15) is 37.3 Å². The third-order valence-corrected chi connectivity index (χ3v) is 8.08. The largest absolute Gasteiger partial charge is 0.378 e. The molecule has 43 heavy (non-hydrogen) atoms. The molecule has 0 bridgehead atoms. The number of hydrogen-bond acceptors (Lipinski definition) is 8. The highest BCUT2D eigenvalue weighted by atomic mass is 16.5. The lowest BCUT2D eigenvalue weighted by Gasteiger charge is -2.36. The summed E-state index contributed by atoms with van der Waals surface area (Å²) < 4.78 is 7.52. The van der Waals surface area contributed by atoms with Gasteiger partial charge in [-0.25, -0.2) is 4.98 Å². The van der Waals surface area contributed by atoms with Gasteiger partial charge in [-0.1, -0.05) is 55.3 Å². The summed E-state index contributed by atoms with van der Waals surface area (Å²) in [5.41, 5.74) is 9.15. The molecule has 4 heterocycles. The van der Waals surface area contributed by atoms with E-state index in [1.165, 1.54) is 11.3 Å². The highest BCUT2D eigenvalue weighted by molar-refractivity contribution is 5.80. The highest BCUT2D eigenvalue weighted by Crippen LogP contribution is 2.28. The average Bonchev–Trinajstić information content (AvgIpc) is 3.48. The molecule has 2 saturated heterocycles. The number of hydrogen-bond donors (Lipinski definition) is 1. The van der Waals surface area contributed by atoms with E-state index in [1.807, 2.05) is 33.7 Å². The van der Waals surface area contributed by atoms with Crippen molar-refractivity contribution in [1.29, 1.82) is 0 Å². The Balaban J connectivity index is 1.20. The molecule has 0 aliphatic carbocycles. The number of hydrazone groups is 1. The van der Waals surface area contributed by atoms with Gasteiger partial charge < -0.3 is 19.4 Å². The van der Waals surface area contributed by atoms with E-state index in [-0.39, 0.29) is 5.91 Å². The Kier molecular flexibility index (Phi) is 8.83. The average molecular weight is 581 g/mol. The van der Waals surface area contributed by atoms with E-state index in [1.54, 1.807) is 6.21 Å². The van der Waals surface area contributed by atoms with Crippen LogP contribution in [-0.4, -0.2) is 84.1 Å². The van der Waals surface area contributed by atoms with Gasteiger partial charge in [0, 0.05) is 69.1 Å². The Morgan fingerprint density at radius 1 is 0.977 bits per heavy atom. The molecule has 1 amide bonds. The smallest absolute Gasteiger partial charge is 0.222 e. The molecule has 10 heteroatoms. The van der Waals surface area contributed by atoms with Crippen molar-refractivity contribution in [3.05, 3.63) is 71.8 Å². The summed E-state index contributed by atoms with van der Waals surface area (Å²) in [5, 5.41) is 9.44. The third-order valence-electron chi connectivity index (χ3n) is 8.08. The number of anilines is 3. The molecule has 2 aliphatic rings. The lowest BCUT2D eigenvalue weighted by atomic mass is 10.1. The van der Waals surface area contributed by atoms with Crippen molar-refractivity contribution in [2.24, 2.45) is 5.10 Å². The maximum Gasteiger partial charge on any atom is 0.222 e. The van der Waals surface area contributed by atoms with Crippen LogP contribution in [0.2, 0.25) is 0 Å². The van der Waals surface area contributed by atoms with Crippen LogP contribution < -0.4 is 15.2 Å². The van der Waals surface area contributed by atoms with Gasteiger partial charge in [0.1, 0.15) is 5.82 Å². The molecule has 2 aromatic carbocycles. The van der Waals surface area contributed by atoms with E-state index in [0.29, 0.717) is 25.5 Å². The number of morpholine rings is 1. The summed E-state index contributed by atoms with van der Waals surface area (Å²) in [4.78, 5) is 23.9. The van der Waals surface area contributed by atoms with Crippen molar-refractivity contribution in [2.45, 2.75) is 33.1 Å². The van der Waals surface area contributed by atoms with Crippen molar-refractivity contribution >= 4 is 35.1 Å². The Morgan fingerprint density at radius 2 is 1.77 bits per heavy atom. The maximum absolute atomic E-state index is 12.4. The van der Waals surface area contributed by atoms with Crippen molar-refractivity contribution < 1.29 is 9.53 Å². The molecule has 0 unspecified atom stereocenters. The molecular weight excluding hydrogens is 540 g/mol. The molecule has 6 rings (SSSR count). The van der Waals surface area contributed by atoms with Gasteiger partial charge in [-0.2, -0.15) is 14.7 Å². The minimum atomic E-state index is 0.283. The first-order chi connectivity index (χ1) is 21.1. The number of nitrogens with one attached hydrogen (secondary N) is 1. The fourth-order valence-electron chi connectivity index (χ4n) is 5.64. The van der Waals surface area contributed by atoms with Crippen LogP contribution in [0.4, 0.5) is 17.3 Å². The van der Waals surface area contributed by atoms with Crippen molar-refractivity contribution in [2.75, 3.05) is 67.7 Å². The van der Waals surface area contributed by atoms with Crippen LogP contribution in [0.5, 0.6) is 0 Å². The molecule has 2 fully saturated rings. The van der Waals surface area contributed by atoms with Gasteiger partial charge in [0.05, 0.1) is 25.1 Å². The van der Waals surface area contributed by atoms with Crippen molar-refractivity contribution in [3.8, 4) is 11.3 Å². The Labute approximate surface area is 253 Å². The number of unbranched alkanes of at least 4 members (excludes halogenated alkanes) is 1. The first-order valence-corrected chi connectivity index (χ1v) is 15.3. The number of piperazine rings is 1. The second kappa shape index (κ2) is 13.2. The normalized spacial score (nSPS) is 15.9. The Bertz CT molecular complexity index is 1570. The summed E-state index contributed by atoms with van der Waals surface area (Å²) in [6.07, 6.45) is 4.48. The van der Waals surface area contributed by atoms with Crippen LogP contribution in [0.25, 0.3) is 16.9 Å². The SMILES string of the molecule is CCCCC(=O)N1CCN(c2ccc(-c3cc4nc(N/N=C/c5cccc(C)c5)cc(N5CCOCC5)n4n3)cc2)CC1. The summed E-state index contributed by atoms with van der Waals surface area (Å²) in [6, 6.07) is 20.8. The van der Waals surface area contributed by atoms with Gasteiger partial charge in [0.2, 0.25) is 5.91 Å². The van der Waals surface area contributed by atoms with Gasteiger partial charge in [0.15, 0.2) is 11.5 Å². The predicted molar refractivity (Wildman–Crippen MR) is 172 cm³/mol. The molecule has 2 aliphatic heterocycles. The summed E-state index contributed by atoms with van der Waals surface area (Å²) in [6.45, 7) is 10.4. The third kappa shape index (κ3) is 6.80. The molecule has 224 valence electrons. The molecule has 0 atom stereocenters. The van der Waals surface area contributed by atoms with E-state index in [2.05, 4.69) is 70.6 Å². The Hall–Kier alpha value is -4.44. The minimum Gasteiger partial charge on any atom is -0.378 e. The number of carbonyl (C=O) groups is 1. The number of rotatable bonds is 9. The van der Waals surface area contributed by atoms with Crippen LogP contribution in [0.15, 0.2) is 65.8 Å². The fourth-order valence-corrected chi connectivity index (χ4v) is 5.64. The summed E-state index contributed by atoms with van der Waals surface area (Å²) >= 11 is 0. The van der Waals surface area contributed by atoms with Crippen molar-refractivity contribution in [1.82, 2.24) is 19.5 Å². The number of amides is 1. The number of carbonyl (C=O) groups excluding carboxylic acids is 1. The van der Waals surface area contributed by atoms with E-state index >= 15 is 0 Å². The fraction of sp³-hybridized carbons (Fsp3) is 0.394. The van der Waals surface area contributed by atoms with E-state index in [9.17, 15) is 4.79 Å². The number of ether oxygens (including phenoxy) is 1. The van der Waals surface area contributed by atoms with E-state index < -0.39 is 0 Å². The molecule has 0 radical (unpaired) electrons. The van der Waals surface area contributed by atoms with Gasteiger partial charge in [-0.05, 0) is 31.0 Å². The standard InChI is InChI=1S/C33H40N8O2/c1-3-4-8-33(42)40-15-13-38(14-16-40)28-11-9-27(10-12-28)29-22-31-35-30(36-34-24-26-7-5-6-25(2)21-26)23-32(41(31)37-29)39-17-19-43-20-18-39/h5-7,9-12,21-24H,3-4,8,13-20H2,1-2H3,(H,35,36)/b34-24+. The predicted octanol–water partition coefficient (Wildman–Crippen LogP) is 4.83. The van der Waals surface area contributed by atoms with Crippen LogP contribution in [0.3, 0.4) is 0 Å². The number of nitrogens with zero attached hydrogens (tertiary/aromatic N) is 7. The Morgan fingerprint density at radius 3 is 2.51 bits per heavy atom. The number of benzene rings is 2. The molecule has 1 N–H and O–H groups in total. The van der Waals surface area contributed by atoms with E-state index in [4.69, 9.17) is 14.8 Å². The highest BCUT2D eigenvalue weighted by Gasteiger charge is 2.22. The molecule has 10 nitrogen and oxygen atoms in total. The summed E-state index contributed by atoms with van der Waals surface area (Å²) in [5.74, 6) is 1.90. The van der Waals surface area contributed by atoms with Gasteiger partial charge >= 0.3 is 0 Å². The monoisotopic (exact) mass is 580 g/mol. The van der Waals surface area contributed by atoms with Gasteiger partial charge in [0.25, 0.3) is 0 Å². The van der Waals surface area contributed by atoms with Crippen LogP contribution in [-0.2, 0) is 9.53 Å². The molecule has 0 saturated carbocycles. The van der Waals surface area contributed by atoms with E-state index in [0.717, 1.165) is 80.4 Å². The molecule has 0 spiro atoms. The zero-order valence-electron chi connectivity index (χ0n) is 25.1. The van der Waals surface area contributed by atoms with Crippen molar-refractivity contribution in [3.63, 3.8) is 0 Å². The number of aryl methyl sites for hydroxylation is 1.